The van der Waals surface area contributed by atoms with Gasteiger partial charge in [-0.15, -0.1) is 0 Å². The number of carbonyl (C=O) groups is 1. The van der Waals surface area contributed by atoms with Crippen molar-refractivity contribution in [2.45, 2.75) is 31.9 Å². The molecule has 118 valence electrons. The van der Waals surface area contributed by atoms with Crippen LogP contribution in [0.3, 0.4) is 0 Å². The van der Waals surface area contributed by atoms with E-state index in [0.29, 0.717) is 16.9 Å². The predicted octanol–water partition coefficient (Wildman–Crippen LogP) is 0.472. The molecule has 0 radical (unpaired) electrons. The van der Waals surface area contributed by atoms with Gasteiger partial charge in [0.05, 0.1) is 18.6 Å². The minimum absolute atomic E-state index is 0.00773. The zero-order valence-electron chi connectivity index (χ0n) is 12.3. The van der Waals surface area contributed by atoms with Gasteiger partial charge in [-0.1, -0.05) is 0 Å². The van der Waals surface area contributed by atoms with E-state index in [1.807, 2.05) is 4.72 Å². The maximum Gasteiger partial charge on any atom is 0.351 e. The van der Waals surface area contributed by atoms with Crippen molar-refractivity contribution in [3.8, 4) is 5.75 Å². The van der Waals surface area contributed by atoms with Crippen molar-refractivity contribution >= 4 is 16.0 Å². The van der Waals surface area contributed by atoms with E-state index in [1.165, 1.54) is 7.11 Å². The van der Waals surface area contributed by atoms with Crippen LogP contribution >= 0.6 is 0 Å². The molecule has 0 heterocycles. The summed E-state index contributed by atoms with van der Waals surface area (Å²) in [5.41, 5.74) is 0.880. The number of aryl methyl sites for hydroxylation is 2. The Kier molecular flexibility index (Phi) is 5.70. The Morgan fingerprint density at radius 3 is 2.29 bits per heavy atom. The number of sulfonamides is 1. The SMILES string of the molecule is CCOC(=O)C(O)NS(=O)(=O)c1c(C)cc(OC)cc1C. The molecule has 0 aliphatic carbocycles. The average Bonchev–Trinajstić information content (AvgIpc) is 2.36. The third-order valence-corrected chi connectivity index (χ3v) is 4.43. The Labute approximate surface area is 123 Å². The fourth-order valence-corrected chi connectivity index (χ4v) is 3.40. The molecule has 0 spiro atoms. The lowest BCUT2D eigenvalue weighted by molar-refractivity contribution is -0.153. The maximum atomic E-state index is 12.3. The van der Waals surface area contributed by atoms with Crippen LogP contribution in [-0.2, 0) is 19.6 Å². The molecule has 0 aliphatic rings. The topological polar surface area (TPSA) is 102 Å². The summed E-state index contributed by atoms with van der Waals surface area (Å²) in [5.74, 6) is -0.528. The molecule has 0 saturated heterocycles. The van der Waals surface area contributed by atoms with Crippen LogP contribution in [-0.4, -0.2) is 39.4 Å². The molecule has 2 N–H and O–H groups in total. The number of aliphatic hydroxyl groups is 1. The Morgan fingerprint density at radius 1 is 1.33 bits per heavy atom. The Bertz CT molecular complexity index is 603. The van der Waals surface area contributed by atoms with Crippen LogP contribution in [0.5, 0.6) is 5.75 Å². The van der Waals surface area contributed by atoms with Crippen LogP contribution in [0, 0.1) is 13.8 Å². The van der Waals surface area contributed by atoms with Crippen molar-refractivity contribution in [1.29, 1.82) is 0 Å². The van der Waals surface area contributed by atoms with E-state index in [1.54, 1.807) is 32.9 Å². The number of hydrogen-bond donors (Lipinski definition) is 2. The first-order valence-corrected chi connectivity index (χ1v) is 7.73. The van der Waals surface area contributed by atoms with Crippen molar-refractivity contribution < 1.29 is 27.8 Å². The number of aliphatic hydroxyl groups excluding tert-OH is 1. The monoisotopic (exact) mass is 317 g/mol. The lowest BCUT2D eigenvalue weighted by Crippen LogP contribution is -2.42. The summed E-state index contributed by atoms with van der Waals surface area (Å²) in [6.07, 6.45) is -1.95. The highest BCUT2D eigenvalue weighted by Crippen LogP contribution is 2.25. The summed E-state index contributed by atoms with van der Waals surface area (Å²) in [7, 11) is -2.59. The summed E-state index contributed by atoms with van der Waals surface area (Å²) in [6.45, 7) is 4.79. The van der Waals surface area contributed by atoms with E-state index in [-0.39, 0.29) is 11.5 Å². The first kappa shape index (κ1) is 17.4. The second-order valence-corrected chi connectivity index (χ2v) is 6.02. The molecule has 21 heavy (non-hydrogen) atoms. The molecule has 1 aromatic rings. The number of rotatable bonds is 6. The second kappa shape index (κ2) is 6.88. The Morgan fingerprint density at radius 2 is 1.86 bits per heavy atom. The molecule has 0 fully saturated rings. The first-order valence-electron chi connectivity index (χ1n) is 6.25. The summed E-state index contributed by atoms with van der Waals surface area (Å²) < 4.78 is 36.0. The van der Waals surface area contributed by atoms with Gasteiger partial charge in [-0.3, -0.25) is 0 Å². The van der Waals surface area contributed by atoms with Crippen molar-refractivity contribution in [3.05, 3.63) is 23.3 Å². The maximum absolute atomic E-state index is 12.3. The molecule has 0 amide bonds. The summed E-state index contributed by atoms with van der Waals surface area (Å²) in [5, 5.41) is 9.54. The third kappa shape index (κ3) is 4.16. The number of methoxy groups -OCH3 is 1. The number of ether oxygens (including phenoxy) is 2. The van der Waals surface area contributed by atoms with Gasteiger partial charge >= 0.3 is 5.97 Å². The molecule has 0 saturated carbocycles. The molecule has 0 aliphatic heterocycles. The summed E-state index contributed by atoms with van der Waals surface area (Å²) >= 11 is 0. The van der Waals surface area contributed by atoms with Crippen molar-refractivity contribution in [1.82, 2.24) is 4.72 Å². The van der Waals surface area contributed by atoms with Crippen molar-refractivity contribution in [2.75, 3.05) is 13.7 Å². The highest BCUT2D eigenvalue weighted by molar-refractivity contribution is 7.89. The van der Waals surface area contributed by atoms with Gasteiger partial charge in [-0.05, 0) is 44.0 Å². The molecule has 1 unspecified atom stereocenters. The summed E-state index contributed by atoms with van der Waals surface area (Å²) in [4.78, 5) is 11.3. The van der Waals surface area contributed by atoms with E-state index in [9.17, 15) is 18.3 Å². The van der Waals surface area contributed by atoms with Gasteiger partial charge in [0.15, 0.2) is 0 Å². The first-order chi connectivity index (χ1) is 9.72. The van der Waals surface area contributed by atoms with E-state index in [0.717, 1.165) is 0 Å². The van der Waals surface area contributed by atoms with Gasteiger partial charge in [-0.2, -0.15) is 4.72 Å². The third-order valence-electron chi connectivity index (χ3n) is 2.71. The molecular formula is C13H19NO6S. The summed E-state index contributed by atoms with van der Waals surface area (Å²) in [6, 6.07) is 3.11. The lowest BCUT2D eigenvalue weighted by atomic mass is 10.1. The highest BCUT2D eigenvalue weighted by atomic mass is 32.2. The van der Waals surface area contributed by atoms with Gasteiger partial charge in [-0.25, -0.2) is 13.2 Å². The molecule has 1 rings (SSSR count). The smallest absolute Gasteiger partial charge is 0.351 e. The van der Waals surface area contributed by atoms with Crippen molar-refractivity contribution in [2.24, 2.45) is 0 Å². The van der Waals surface area contributed by atoms with Crippen LogP contribution in [0.25, 0.3) is 0 Å². The van der Waals surface area contributed by atoms with Crippen LogP contribution in [0.2, 0.25) is 0 Å². The van der Waals surface area contributed by atoms with Gasteiger partial charge < -0.3 is 14.6 Å². The minimum atomic E-state index is -4.07. The van der Waals surface area contributed by atoms with Crippen LogP contribution in [0.4, 0.5) is 0 Å². The zero-order valence-corrected chi connectivity index (χ0v) is 13.2. The van der Waals surface area contributed by atoms with E-state index >= 15 is 0 Å². The van der Waals surface area contributed by atoms with E-state index in [4.69, 9.17) is 4.74 Å². The second-order valence-electron chi connectivity index (χ2n) is 4.37. The fourth-order valence-electron chi connectivity index (χ4n) is 1.93. The number of esters is 1. The van der Waals surface area contributed by atoms with Gasteiger partial charge in [0.2, 0.25) is 16.3 Å². The standard InChI is InChI=1S/C13H19NO6S/c1-5-20-13(16)12(15)14-21(17,18)11-8(2)6-10(19-4)7-9(11)3/h6-7,12,14-15H,5H2,1-4H3. The zero-order chi connectivity index (χ0) is 16.2. The van der Waals surface area contributed by atoms with Gasteiger partial charge in [0, 0.05) is 0 Å². The molecule has 0 bridgehead atoms. The van der Waals surface area contributed by atoms with Crippen molar-refractivity contribution in [3.63, 3.8) is 0 Å². The van der Waals surface area contributed by atoms with Gasteiger partial charge in [0.25, 0.3) is 0 Å². The number of carbonyl (C=O) groups excluding carboxylic acids is 1. The van der Waals surface area contributed by atoms with Crippen LogP contribution < -0.4 is 9.46 Å². The van der Waals surface area contributed by atoms with E-state index < -0.39 is 22.2 Å². The quantitative estimate of drug-likeness (QED) is 0.584. The molecule has 0 aromatic heterocycles. The van der Waals surface area contributed by atoms with Gasteiger partial charge in [0.1, 0.15) is 5.75 Å². The number of nitrogens with one attached hydrogen (secondary N) is 1. The Balaban J connectivity index is 3.12. The number of benzene rings is 1. The minimum Gasteiger partial charge on any atom is -0.497 e. The molecule has 1 atom stereocenters. The highest BCUT2D eigenvalue weighted by Gasteiger charge is 2.27. The average molecular weight is 317 g/mol. The fraction of sp³-hybridized carbons (Fsp3) is 0.462. The number of hydrogen-bond acceptors (Lipinski definition) is 6. The largest absolute Gasteiger partial charge is 0.497 e. The lowest BCUT2D eigenvalue weighted by Gasteiger charge is -2.16. The predicted molar refractivity (Wildman–Crippen MR) is 75.4 cm³/mol. The van der Waals surface area contributed by atoms with Crippen LogP contribution in [0.15, 0.2) is 17.0 Å². The molecule has 1 aromatic carbocycles. The normalized spacial score (nSPS) is 12.8. The van der Waals surface area contributed by atoms with Crippen LogP contribution in [0.1, 0.15) is 18.1 Å². The Hall–Kier alpha value is -1.64. The van der Waals surface area contributed by atoms with E-state index in [2.05, 4.69) is 4.74 Å². The molecular weight excluding hydrogens is 298 g/mol. The molecule has 7 nitrogen and oxygen atoms in total. The molecule has 8 heteroatoms.